The highest BCUT2D eigenvalue weighted by Crippen LogP contribution is 2.48. The summed E-state index contributed by atoms with van der Waals surface area (Å²) in [7, 11) is 0. The van der Waals surface area contributed by atoms with Crippen LogP contribution in [0.2, 0.25) is 0 Å². The van der Waals surface area contributed by atoms with Gasteiger partial charge in [-0.1, -0.05) is 121 Å². The maximum Gasteiger partial charge on any atom is 0.144 e. The van der Waals surface area contributed by atoms with Crippen molar-refractivity contribution in [3.05, 3.63) is 154 Å². The topological polar surface area (TPSA) is 13.1 Å². The van der Waals surface area contributed by atoms with Crippen molar-refractivity contribution in [2.24, 2.45) is 0 Å². The molecule has 54 heavy (non-hydrogen) atoms. The number of hydrogen-bond acceptors (Lipinski definition) is 2. The zero-order chi connectivity index (χ0) is 35.3. The number of fused-ring (bicyclic) bond motifs is 13. The minimum Gasteiger partial charge on any atom is -0.456 e. The average molecular weight is 709 g/mol. The van der Waals surface area contributed by atoms with E-state index in [1.807, 2.05) is 11.3 Å². The molecule has 256 valence electrons. The van der Waals surface area contributed by atoms with Crippen LogP contribution >= 0.6 is 11.3 Å². The lowest BCUT2D eigenvalue weighted by Gasteiger charge is -2.19. The summed E-state index contributed by atoms with van der Waals surface area (Å²) in [5.41, 5.74) is 13.1. The Morgan fingerprint density at radius 2 is 1.19 bits per heavy atom. The van der Waals surface area contributed by atoms with Gasteiger partial charge in [-0.15, -0.1) is 11.3 Å². The second kappa shape index (κ2) is 11.8. The molecule has 0 amide bonds. The lowest BCUT2D eigenvalue weighted by atomic mass is 9.84. The van der Waals surface area contributed by atoms with Gasteiger partial charge in [0.15, 0.2) is 0 Å². The standard InChI is InChI=1S/C52H36OS/c1-2-17-35-31(13-1)14-12-25-36(35)32-15-11-16-33(29-32)47-37-18-3-5-20-39(37)48(40-21-6-4-19-38(40)47)34-27-28-46-44(30-34)49-41-22-7-8-23-42(41)51-50(52(49)54-46)43-24-9-10-26-45(43)53-51/h1,3,5,7-8,10-16,18-23,25-30H,2,4,6,9,17,24H2. The first-order valence-electron chi connectivity index (χ1n) is 19.4. The summed E-state index contributed by atoms with van der Waals surface area (Å²) in [6.45, 7) is 0. The third-order valence-electron chi connectivity index (χ3n) is 12.2. The number of rotatable bonds is 3. The van der Waals surface area contributed by atoms with E-state index in [1.165, 1.54) is 108 Å². The SMILES string of the molecule is C1=Cc2cccc(-c3cccc(-c4c5c(c(-c6ccc7sc8c9c%10c(oc9c9ccccc9c8c7c6)C=CCC%10)c6ccccc46)=CCCC=5)c3)c2CC1. The first kappa shape index (κ1) is 30.5. The van der Waals surface area contributed by atoms with Gasteiger partial charge in [0.05, 0.1) is 0 Å². The Bertz CT molecular complexity index is 3270. The molecule has 12 rings (SSSR count). The van der Waals surface area contributed by atoms with Gasteiger partial charge in [0.1, 0.15) is 11.3 Å². The van der Waals surface area contributed by atoms with Crippen LogP contribution in [0.25, 0.3) is 110 Å². The molecular weight excluding hydrogens is 673 g/mol. The molecule has 3 aliphatic rings. The van der Waals surface area contributed by atoms with E-state index in [0.717, 1.165) is 49.9 Å². The van der Waals surface area contributed by atoms with Crippen LogP contribution in [0.1, 0.15) is 48.1 Å². The van der Waals surface area contributed by atoms with Crippen molar-refractivity contribution >= 4 is 88.3 Å². The Labute approximate surface area is 317 Å². The minimum atomic E-state index is 1.02. The second-order valence-electron chi connectivity index (χ2n) is 15.2. The first-order chi connectivity index (χ1) is 26.8. The van der Waals surface area contributed by atoms with Crippen LogP contribution in [-0.4, -0.2) is 0 Å². The fourth-order valence-corrected chi connectivity index (χ4v) is 11.1. The van der Waals surface area contributed by atoms with E-state index >= 15 is 0 Å². The Morgan fingerprint density at radius 1 is 0.500 bits per heavy atom. The van der Waals surface area contributed by atoms with Gasteiger partial charge in [0.25, 0.3) is 0 Å². The van der Waals surface area contributed by atoms with E-state index in [9.17, 15) is 0 Å². The second-order valence-corrected chi connectivity index (χ2v) is 16.2. The monoisotopic (exact) mass is 708 g/mol. The van der Waals surface area contributed by atoms with Crippen molar-refractivity contribution < 1.29 is 4.42 Å². The minimum absolute atomic E-state index is 1.02. The smallest absolute Gasteiger partial charge is 0.144 e. The molecule has 2 heteroatoms. The molecule has 0 aliphatic heterocycles. The largest absolute Gasteiger partial charge is 0.456 e. The van der Waals surface area contributed by atoms with Gasteiger partial charge in [-0.3, -0.25) is 0 Å². The molecule has 0 N–H and O–H groups in total. The van der Waals surface area contributed by atoms with E-state index in [1.54, 1.807) is 0 Å². The number of thiophene rings is 1. The normalized spacial score (nSPS) is 14.7. The molecule has 0 radical (unpaired) electrons. The molecule has 7 aromatic carbocycles. The highest BCUT2D eigenvalue weighted by molar-refractivity contribution is 7.27. The van der Waals surface area contributed by atoms with E-state index in [-0.39, 0.29) is 0 Å². The van der Waals surface area contributed by atoms with Crippen molar-refractivity contribution in [2.75, 3.05) is 0 Å². The molecule has 0 unspecified atom stereocenters. The Balaban J connectivity index is 1.12. The highest BCUT2D eigenvalue weighted by atomic mass is 32.1. The molecule has 0 spiro atoms. The Morgan fingerprint density at radius 3 is 2.00 bits per heavy atom. The number of allylic oxidation sites excluding steroid dienone is 2. The van der Waals surface area contributed by atoms with Gasteiger partial charge in [0, 0.05) is 36.5 Å². The van der Waals surface area contributed by atoms with Gasteiger partial charge in [-0.05, 0) is 134 Å². The van der Waals surface area contributed by atoms with E-state index < -0.39 is 0 Å². The summed E-state index contributed by atoms with van der Waals surface area (Å²) in [6, 6.07) is 41.3. The number of benzene rings is 7. The lowest BCUT2D eigenvalue weighted by molar-refractivity contribution is 0.598. The fraction of sp³-hybridized carbons (Fsp3) is 0.115. The van der Waals surface area contributed by atoms with Crippen LogP contribution < -0.4 is 10.4 Å². The highest BCUT2D eigenvalue weighted by Gasteiger charge is 2.24. The zero-order valence-electron chi connectivity index (χ0n) is 29.9. The molecular formula is C52H36OS. The molecule has 0 saturated carbocycles. The van der Waals surface area contributed by atoms with Crippen LogP contribution in [-0.2, 0) is 12.8 Å². The van der Waals surface area contributed by atoms with Crippen LogP contribution in [0, 0.1) is 0 Å². The van der Waals surface area contributed by atoms with Gasteiger partial charge >= 0.3 is 0 Å². The van der Waals surface area contributed by atoms with Gasteiger partial charge in [0.2, 0.25) is 0 Å². The molecule has 0 bridgehead atoms. The molecule has 1 nitrogen and oxygen atoms in total. The average Bonchev–Trinajstić information content (AvgIpc) is 3.82. The predicted octanol–water partition coefficient (Wildman–Crippen LogP) is 13.4. The fourth-order valence-electron chi connectivity index (χ4n) is 9.88. The molecule has 0 saturated heterocycles. The lowest BCUT2D eigenvalue weighted by Crippen LogP contribution is -2.31. The van der Waals surface area contributed by atoms with Gasteiger partial charge in [-0.25, -0.2) is 0 Å². The molecule has 3 aliphatic carbocycles. The van der Waals surface area contributed by atoms with Crippen LogP contribution in [0.5, 0.6) is 0 Å². The van der Waals surface area contributed by atoms with Crippen molar-refractivity contribution in [3.63, 3.8) is 0 Å². The summed E-state index contributed by atoms with van der Waals surface area (Å²) in [6.07, 6.45) is 20.4. The van der Waals surface area contributed by atoms with Crippen molar-refractivity contribution in [2.45, 2.75) is 38.5 Å². The molecule has 2 aromatic heterocycles. The third-order valence-corrected chi connectivity index (χ3v) is 13.4. The van der Waals surface area contributed by atoms with Crippen LogP contribution in [0.4, 0.5) is 0 Å². The van der Waals surface area contributed by atoms with Crippen LogP contribution in [0.3, 0.4) is 0 Å². The number of aryl methyl sites for hydroxylation is 1. The molecule has 9 aromatic rings. The van der Waals surface area contributed by atoms with Crippen molar-refractivity contribution in [1.82, 2.24) is 0 Å². The molecule has 0 fully saturated rings. The quantitative estimate of drug-likeness (QED) is 0.178. The third kappa shape index (κ3) is 4.38. The summed E-state index contributed by atoms with van der Waals surface area (Å²) < 4.78 is 9.31. The van der Waals surface area contributed by atoms with Crippen molar-refractivity contribution in [3.8, 4) is 33.4 Å². The maximum absolute atomic E-state index is 6.63. The maximum atomic E-state index is 6.63. The van der Waals surface area contributed by atoms with Gasteiger partial charge in [-0.2, -0.15) is 0 Å². The molecule has 2 heterocycles. The first-order valence-corrected chi connectivity index (χ1v) is 20.3. The summed E-state index contributed by atoms with van der Waals surface area (Å²) in [5.74, 6) is 1.03. The predicted molar refractivity (Wildman–Crippen MR) is 233 cm³/mol. The molecule has 0 atom stereocenters. The number of hydrogen-bond donors (Lipinski definition) is 0. The van der Waals surface area contributed by atoms with E-state index in [4.69, 9.17) is 4.42 Å². The summed E-state index contributed by atoms with van der Waals surface area (Å²) in [5, 5.41) is 11.8. The Hall–Kier alpha value is -5.96. The van der Waals surface area contributed by atoms with E-state index in [2.05, 4.69) is 146 Å². The van der Waals surface area contributed by atoms with Crippen molar-refractivity contribution in [1.29, 1.82) is 0 Å². The zero-order valence-corrected chi connectivity index (χ0v) is 30.7. The van der Waals surface area contributed by atoms with Gasteiger partial charge < -0.3 is 4.42 Å². The number of furan rings is 1. The summed E-state index contributed by atoms with van der Waals surface area (Å²) in [4.78, 5) is 0. The summed E-state index contributed by atoms with van der Waals surface area (Å²) >= 11 is 1.93. The Kier molecular flexibility index (Phi) is 6.65. The van der Waals surface area contributed by atoms with Crippen LogP contribution in [0.15, 0.2) is 126 Å². The van der Waals surface area contributed by atoms with E-state index in [0.29, 0.717) is 0 Å².